The number of carbonyl (C=O) groups excluding carboxylic acids is 1. The molecule has 206 valence electrons. The van der Waals surface area contributed by atoms with Gasteiger partial charge in [0.15, 0.2) is 5.78 Å². The summed E-state index contributed by atoms with van der Waals surface area (Å²) in [5.74, 6) is 1.59. The highest BCUT2D eigenvalue weighted by Crippen LogP contribution is 2.40. The van der Waals surface area contributed by atoms with Gasteiger partial charge in [0.25, 0.3) is 0 Å². The van der Waals surface area contributed by atoms with E-state index in [9.17, 15) is 4.79 Å². The average molecular weight is 525 g/mol. The Hall–Kier alpha value is -2.45. The van der Waals surface area contributed by atoms with Crippen molar-refractivity contribution < 1.29 is 32.7 Å². The maximum absolute atomic E-state index is 13.2. The molecule has 0 aromatic heterocycles. The molecule has 1 aliphatic carbocycles. The summed E-state index contributed by atoms with van der Waals surface area (Å²) in [6, 6.07) is 11.8. The third-order valence-corrected chi connectivity index (χ3v) is 8.59. The predicted molar refractivity (Wildman–Crippen MR) is 148 cm³/mol. The van der Waals surface area contributed by atoms with Gasteiger partial charge >= 0.3 is 0 Å². The molecule has 2 fully saturated rings. The number of hydrogen-bond acceptors (Lipinski definition) is 5. The molecule has 5 rings (SSSR count). The minimum Gasteiger partial charge on any atom is -0.494 e. The highest BCUT2D eigenvalue weighted by Gasteiger charge is 2.28. The van der Waals surface area contributed by atoms with Crippen molar-refractivity contribution in [1.29, 1.82) is 0 Å². The van der Waals surface area contributed by atoms with Crippen LogP contribution in [0.4, 0.5) is 0 Å². The van der Waals surface area contributed by atoms with Crippen LogP contribution in [0.15, 0.2) is 36.4 Å². The van der Waals surface area contributed by atoms with Crippen LogP contribution in [0.1, 0.15) is 41.6 Å². The van der Waals surface area contributed by atoms with Crippen LogP contribution >= 0.6 is 0 Å². The van der Waals surface area contributed by atoms with E-state index < -0.39 is 0 Å². The van der Waals surface area contributed by atoms with Gasteiger partial charge in [0, 0.05) is 11.1 Å². The van der Waals surface area contributed by atoms with Crippen molar-refractivity contribution in [2.45, 2.75) is 25.7 Å². The molecule has 3 aliphatic rings. The van der Waals surface area contributed by atoms with E-state index in [4.69, 9.17) is 18.9 Å². The number of quaternary nitrogens is 2. The van der Waals surface area contributed by atoms with E-state index in [-0.39, 0.29) is 5.78 Å². The third kappa shape index (κ3) is 6.57. The van der Waals surface area contributed by atoms with E-state index in [0.717, 1.165) is 134 Å². The summed E-state index contributed by atoms with van der Waals surface area (Å²) in [7, 11) is 4.63. The Balaban J connectivity index is 1.08. The molecule has 38 heavy (non-hydrogen) atoms. The number of unbranched alkanes of at least 4 members (excludes halogenated alkanes) is 2. The molecule has 0 spiro atoms. The lowest BCUT2D eigenvalue weighted by Crippen LogP contribution is -2.52. The topological polar surface area (TPSA) is 54.0 Å². The van der Waals surface area contributed by atoms with Crippen LogP contribution in [0.5, 0.6) is 11.5 Å². The number of carbonyl (C=O) groups is 1. The van der Waals surface area contributed by atoms with Gasteiger partial charge in [-0.05, 0) is 73.2 Å². The zero-order valence-corrected chi connectivity index (χ0v) is 23.2. The summed E-state index contributed by atoms with van der Waals surface area (Å²) in [6.45, 7) is 11.5. The van der Waals surface area contributed by atoms with Gasteiger partial charge in [0.2, 0.25) is 0 Å². The Kier molecular flexibility index (Phi) is 8.68. The average Bonchev–Trinajstić information content (AvgIpc) is 3.20. The van der Waals surface area contributed by atoms with Crippen LogP contribution in [-0.4, -0.2) is 108 Å². The van der Waals surface area contributed by atoms with Crippen molar-refractivity contribution in [1.82, 2.24) is 0 Å². The molecule has 0 unspecified atom stereocenters. The molecule has 7 heteroatoms. The summed E-state index contributed by atoms with van der Waals surface area (Å²) in [5, 5.41) is 0. The molecule has 0 bridgehead atoms. The second-order valence-corrected chi connectivity index (χ2v) is 11.7. The van der Waals surface area contributed by atoms with Crippen LogP contribution in [0.2, 0.25) is 0 Å². The van der Waals surface area contributed by atoms with Crippen molar-refractivity contribution in [3.63, 3.8) is 0 Å². The van der Waals surface area contributed by atoms with Gasteiger partial charge in [0.1, 0.15) is 37.7 Å². The van der Waals surface area contributed by atoms with Gasteiger partial charge in [-0.2, -0.15) is 0 Å². The number of nitrogens with zero attached hydrogens (tertiary/aromatic N) is 2. The standard InChI is InChI=1S/C31H44N2O5/c1-32(13-19-35-20-14-32)11-3-5-17-37-25-7-9-27-28-10-8-26(24-30(28)31(34)29(27)23-25)38-18-6-4-12-33(2)15-21-36-22-16-33/h7-10,23-24H,3-6,11-22H2,1-2H3/q+2. The molecular weight excluding hydrogens is 480 g/mol. The lowest BCUT2D eigenvalue weighted by molar-refractivity contribution is -0.917. The molecule has 0 radical (unpaired) electrons. The van der Waals surface area contributed by atoms with E-state index in [0.29, 0.717) is 13.2 Å². The first kappa shape index (κ1) is 27.1. The smallest absolute Gasteiger partial charge is 0.194 e. The molecule has 2 heterocycles. The normalized spacial score (nSPS) is 19.6. The minimum absolute atomic E-state index is 0.0559. The van der Waals surface area contributed by atoms with Gasteiger partial charge in [-0.3, -0.25) is 4.79 Å². The summed E-state index contributed by atoms with van der Waals surface area (Å²) < 4.78 is 25.2. The van der Waals surface area contributed by atoms with Gasteiger partial charge in [-0.15, -0.1) is 0 Å². The van der Waals surface area contributed by atoms with Crippen molar-refractivity contribution in [3.8, 4) is 22.6 Å². The maximum Gasteiger partial charge on any atom is 0.194 e. The van der Waals surface area contributed by atoms with Crippen molar-refractivity contribution in [2.75, 3.05) is 93.0 Å². The van der Waals surface area contributed by atoms with E-state index >= 15 is 0 Å². The SMILES string of the molecule is C[N+]1(CCCCOc2ccc3c(c2)C(=O)c2cc(OCCCC[N+]4(C)CCOCC4)ccc2-3)CCOCC1. The zero-order chi connectivity index (χ0) is 26.4. The second-order valence-electron chi connectivity index (χ2n) is 11.7. The fourth-order valence-corrected chi connectivity index (χ4v) is 5.80. The highest BCUT2D eigenvalue weighted by molar-refractivity contribution is 6.22. The second kappa shape index (κ2) is 12.2. The van der Waals surface area contributed by atoms with Gasteiger partial charge in [-0.25, -0.2) is 0 Å². The van der Waals surface area contributed by atoms with Crippen LogP contribution < -0.4 is 9.47 Å². The van der Waals surface area contributed by atoms with Crippen LogP contribution in [0, 0.1) is 0 Å². The molecule has 7 nitrogen and oxygen atoms in total. The summed E-state index contributed by atoms with van der Waals surface area (Å²) in [5.41, 5.74) is 3.42. The number of likely N-dealkylation sites (N-methyl/N-ethyl adjacent to an activating group) is 2. The molecular formula is C31H44N2O5+2. The van der Waals surface area contributed by atoms with E-state index in [1.54, 1.807) is 0 Å². The number of rotatable bonds is 12. The lowest BCUT2D eigenvalue weighted by atomic mass is 10.1. The molecule has 0 atom stereocenters. The Morgan fingerprint density at radius 3 is 1.47 bits per heavy atom. The molecule has 2 saturated heterocycles. The maximum atomic E-state index is 13.2. The van der Waals surface area contributed by atoms with Gasteiger partial charge in [0.05, 0.1) is 66.8 Å². The fourth-order valence-electron chi connectivity index (χ4n) is 5.80. The first-order valence-corrected chi connectivity index (χ1v) is 14.4. The largest absolute Gasteiger partial charge is 0.494 e. The molecule has 2 aromatic rings. The van der Waals surface area contributed by atoms with Gasteiger partial charge in [-0.1, -0.05) is 0 Å². The molecule has 2 aliphatic heterocycles. The Bertz CT molecular complexity index is 1020. The number of hydrogen-bond donors (Lipinski definition) is 0. The Morgan fingerprint density at radius 1 is 0.632 bits per heavy atom. The van der Waals surface area contributed by atoms with E-state index in [1.807, 2.05) is 36.4 Å². The predicted octanol–water partition coefficient (Wildman–Crippen LogP) is 4.17. The third-order valence-electron chi connectivity index (χ3n) is 8.59. The van der Waals surface area contributed by atoms with Crippen LogP contribution in [0.25, 0.3) is 11.1 Å². The first-order chi connectivity index (χ1) is 18.4. The van der Waals surface area contributed by atoms with E-state index in [2.05, 4.69) is 14.1 Å². The number of benzene rings is 2. The Labute approximate surface area is 227 Å². The molecule has 0 saturated carbocycles. The summed E-state index contributed by atoms with van der Waals surface area (Å²) in [4.78, 5) is 13.2. The number of ketones is 1. The summed E-state index contributed by atoms with van der Waals surface area (Å²) >= 11 is 0. The van der Waals surface area contributed by atoms with Gasteiger partial charge < -0.3 is 27.9 Å². The van der Waals surface area contributed by atoms with Crippen LogP contribution in [0.3, 0.4) is 0 Å². The molecule has 0 N–H and O–H groups in total. The monoisotopic (exact) mass is 524 g/mol. The lowest BCUT2D eigenvalue weighted by Gasteiger charge is -2.37. The first-order valence-electron chi connectivity index (χ1n) is 14.4. The fraction of sp³-hybridized carbons (Fsp3) is 0.581. The number of ether oxygens (including phenoxy) is 4. The number of morpholine rings is 2. The van der Waals surface area contributed by atoms with Crippen molar-refractivity contribution in [2.24, 2.45) is 0 Å². The minimum atomic E-state index is 0.0559. The zero-order valence-electron chi connectivity index (χ0n) is 23.2. The molecule has 0 amide bonds. The highest BCUT2D eigenvalue weighted by atomic mass is 16.5. The summed E-state index contributed by atoms with van der Waals surface area (Å²) in [6.07, 6.45) is 4.27. The van der Waals surface area contributed by atoms with Crippen LogP contribution in [-0.2, 0) is 9.47 Å². The number of fused-ring (bicyclic) bond motifs is 3. The van der Waals surface area contributed by atoms with Crippen molar-refractivity contribution >= 4 is 5.78 Å². The van der Waals surface area contributed by atoms with E-state index in [1.165, 1.54) is 0 Å². The quantitative estimate of drug-likeness (QED) is 0.263. The molecule has 2 aromatic carbocycles. The van der Waals surface area contributed by atoms with Crippen molar-refractivity contribution in [3.05, 3.63) is 47.5 Å². The Morgan fingerprint density at radius 2 is 1.05 bits per heavy atom.